The molecule has 98 valence electrons. The molecule has 0 saturated carbocycles. The second-order valence-electron chi connectivity index (χ2n) is 4.51. The van der Waals surface area contributed by atoms with Crippen LogP contribution in [-0.4, -0.2) is 42.4 Å². The minimum absolute atomic E-state index is 0.0384. The van der Waals surface area contributed by atoms with Crippen molar-refractivity contribution in [1.82, 2.24) is 15.6 Å². The molecule has 6 heteroatoms. The predicted molar refractivity (Wildman–Crippen MR) is 64.8 cm³/mol. The molecule has 1 unspecified atom stereocenters. The number of likely N-dealkylation sites (tertiary alicyclic amines) is 1. The average molecular weight is 242 g/mol. The number of rotatable bonds is 6. The highest BCUT2D eigenvalue weighted by molar-refractivity contribution is 5.75. The number of hydrogen-bond acceptors (Lipinski definition) is 4. The summed E-state index contributed by atoms with van der Waals surface area (Å²) >= 11 is 0. The van der Waals surface area contributed by atoms with E-state index in [1.165, 1.54) is 0 Å². The van der Waals surface area contributed by atoms with Crippen LogP contribution < -0.4 is 16.6 Å². The third kappa shape index (κ3) is 5.65. The molecule has 1 aliphatic rings. The van der Waals surface area contributed by atoms with Gasteiger partial charge in [0.2, 0.25) is 11.8 Å². The van der Waals surface area contributed by atoms with E-state index in [1.54, 1.807) is 6.92 Å². The summed E-state index contributed by atoms with van der Waals surface area (Å²) in [6.07, 6.45) is 3.34. The normalized spacial score (nSPS) is 20.2. The molecular weight excluding hydrogens is 220 g/mol. The molecule has 6 nitrogen and oxygen atoms in total. The Morgan fingerprint density at radius 1 is 1.41 bits per heavy atom. The number of nitrogens with zero attached hydrogens (tertiary/aromatic N) is 1. The summed E-state index contributed by atoms with van der Waals surface area (Å²) < 4.78 is 0. The zero-order chi connectivity index (χ0) is 12.7. The lowest BCUT2D eigenvalue weighted by Gasteiger charge is -2.15. The minimum Gasteiger partial charge on any atom is -0.352 e. The second kappa shape index (κ2) is 7.24. The first-order chi connectivity index (χ1) is 8.11. The molecule has 4 N–H and O–H groups in total. The van der Waals surface area contributed by atoms with Crippen molar-refractivity contribution in [3.8, 4) is 0 Å². The first-order valence-corrected chi connectivity index (χ1v) is 6.10. The average Bonchev–Trinajstić information content (AvgIpc) is 2.70. The molecule has 17 heavy (non-hydrogen) atoms. The Balaban J connectivity index is 2.06. The molecule has 1 heterocycles. The van der Waals surface area contributed by atoms with Crippen LogP contribution in [0.15, 0.2) is 0 Å². The van der Waals surface area contributed by atoms with E-state index < -0.39 is 0 Å². The van der Waals surface area contributed by atoms with Crippen molar-refractivity contribution in [2.75, 3.05) is 19.6 Å². The fraction of sp³-hybridized carbons (Fsp3) is 0.818. The van der Waals surface area contributed by atoms with Gasteiger partial charge >= 0.3 is 0 Å². The lowest BCUT2D eigenvalue weighted by Crippen LogP contribution is -2.35. The molecule has 1 atom stereocenters. The van der Waals surface area contributed by atoms with E-state index in [4.69, 9.17) is 5.84 Å². The summed E-state index contributed by atoms with van der Waals surface area (Å²) in [5.74, 6) is 4.92. The first kappa shape index (κ1) is 13.9. The summed E-state index contributed by atoms with van der Waals surface area (Å²) in [6, 6.07) is 0.292. The SMILES string of the molecule is CC(=O)NC1CCN(CCCCC(=O)NN)C1. The second-order valence-corrected chi connectivity index (χ2v) is 4.51. The van der Waals surface area contributed by atoms with Gasteiger partial charge in [-0.25, -0.2) is 5.84 Å². The molecule has 0 aromatic rings. The molecule has 0 bridgehead atoms. The number of nitrogens with one attached hydrogen (secondary N) is 2. The third-order valence-corrected chi connectivity index (χ3v) is 2.97. The highest BCUT2D eigenvalue weighted by Gasteiger charge is 2.22. The molecule has 0 radical (unpaired) electrons. The topological polar surface area (TPSA) is 87.5 Å². The number of hydrazine groups is 1. The van der Waals surface area contributed by atoms with Gasteiger partial charge in [0.05, 0.1) is 0 Å². The zero-order valence-electron chi connectivity index (χ0n) is 10.4. The molecule has 0 aromatic carbocycles. The van der Waals surface area contributed by atoms with Crippen LogP contribution in [0.1, 0.15) is 32.6 Å². The number of hydrogen-bond donors (Lipinski definition) is 3. The first-order valence-electron chi connectivity index (χ1n) is 6.10. The quantitative estimate of drug-likeness (QED) is 0.250. The van der Waals surface area contributed by atoms with Crippen molar-refractivity contribution in [3.63, 3.8) is 0 Å². The Hall–Kier alpha value is -1.14. The Morgan fingerprint density at radius 3 is 2.82 bits per heavy atom. The Labute approximate surface area is 102 Å². The third-order valence-electron chi connectivity index (χ3n) is 2.97. The van der Waals surface area contributed by atoms with E-state index in [-0.39, 0.29) is 11.8 Å². The number of carbonyl (C=O) groups is 2. The summed E-state index contributed by atoms with van der Waals surface area (Å²) in [4.78, 5) is 24.1. The van der Waals surface area contributed by atoms with Crippen LogP contribution in [0, 0.1) is 0 Å². The molecule has 0 aliphatic carbocycles. The van der Waals surface area contributed by atoms with Gasteiger partial charge in [-0.15, -0.1) is 0 Å². The lowest BCUT2D eigenvalue weighted by atomic mass is 10.2. The Bertz CT molecular complexity index is 270. The van der Waals surface area contributed by atoms with Gasteiger partial charge in [0.25, 0.3) is 0 Å². The van der Waals surface area contributed by atoms with Crippen molar-refractivity contribution in [2.45, 2.75) is 38.6 Å². The van der Waals surface area contributed by atoms with Gasteiger partial charge in [0.15, 0.2) is 0 Å². The zero-order valence-corrected chi connectivity index (χ0v) is 10.4. The molecule has 1 saturated heterocycles. The van der Waals surface area contributed by atoms with Crippen molar-refractivity contribution >= 4 is 11.8 Å². The van der Waals surface area contributed by atoms with Crippen LogP contribution in [0.3, 0.4) is 0 Å². The van der Waals surface area contributed by atoms with Gasteiger partial charge in [0.1, 0.15) is 0 Å². The molecule has 1 rings (SSSR count). The molecule has 0 spiro atoms. The molecular formula is C11H22N4O2. The standard InChI is InChI=1S/C11H22N4O2/c1-9(16)13-10-5-7-15(8-10)6-3-2-4-11(17)14-12/h10H,2-8,12H2,1H3,(H,13,16)(H,14,17). The van der Waals surface area contributed by atoms with Crippen LogP contribution in [0.4, 0.5) is 0 Å². The minimum atomic E-state index is -0.109. The van der Waals surface area contributed by atoms with E-state index in [0.29, 0.717) is 12.5 Å². The Kier molecular flexibility index (Phi) is 5.93. The fourth-order valence-electron chi connectivity index (χ4n) is 2.13. The summed E-state index contributed by atoms with van der Waals surface area (Å²) in [5.41, 5.74) is 2.12. The summed E-state index contributed by atoms with van der Waals surface area (Å²) in [5, 5.41) is 2.93. The molecule has 0 aromatic heterocycles. The van der Waals surface area contributed by atoms with Crippen LogP contribution in [0.25, 0.3) is 0 Å². The summed E-state index contributed by atoms with van der Waals surface area (Å²) in [7, 11) is 0. The van der Waals surface area contributed by atoms with Crippen LogP contribution in [-0.2, 0) is 9.59 Å². The van der Waals surface area contributed by atoms with Gasteiger partial charge in [-0.05, 0) is 25.8 Å². The van der Waals surface area contributed by atoms with Gasteiger partial charge in [-0.2, -0.15) is 0 Å². The van der Waals surface area contributed by atoms with E-state index in [1.807, 2.05) is 0 Å². The van der Waals surface area contributed by atoms with Crippen molar-refractivity contribution in [1.29, 1.82) is 0 Å². The van der Waals surface area contributed by atoms with Crippen LogP contribution in [0.2, 0.25) is 0 Å². The molecule has 1 aliphatic heterocycles. The van der Waals surface area contributed by atoms with Crippen molar-refractivity contribution < 1.29 is 9.59 Å². The van der Waals surface area contributed by atoms with Gasteiger partial charge in [0, 0.05) is 32.5 Å². The maximum Gasteiger partial charge on any atom is 0.233 e. The Morgan fingerprint density at radius 2 is 2.18 bits per heavy atom. The molecule has 2 amide bonds. The summed E-state index contributed by atoms with van der Waals surface area (Å²) in [6.45, 7) is 4.47. The van der Waals surface area contributed by atoms with Crippen molar-refractivity contribution in [2.24, 2.45) is 5.84 Å². The maximum absolute atomic E-state index is 10.9. The van der Waals surface area contributed by atoms with Gasteiger partial charge < -0.3 is 10.2 Å². The fourth-order valence-corrected chi connectivity index (χ4v) is 2.13. The largest absolute Gasteiger partial charge is 0.352 e. The monoisotopic (exact) mass is 242 g/mol. The molecule has 1 fully saturated rings. The number of amides is 2. The number of nitrogens with two attached hydrogens (primary N) is 1. The lowest BCUT2D eigenvalue weighted by molar-refractivity contribution is -0.121. The van der Waals surface area contributed by atoms with E-state index >= 15 is 0 Å². The van der Waals surface area contributed by atoms with E-state index in [9.17, 15) is 9.59 Å². The predicted octanol–water partition coefficient (Wildman–Crippen LogP) is -0.643. The van der Waals surface area contributed by atoms with Crippen molar-refractivity contribution in [3.05, 3.63) is 0 Å². The van der Waals surface area contributed by atoms with Gasteiger partial charge in [-0.3, -0.25) is 15.0 Å². The van der Waals surface area contributed by atoms with E-state index in [0.717, 1.165) is 38.9 Å². The number of unbranched alkanes of at least 4 members (excludes halogenated alkanes) is 1. The highest BCUT2D eigenvalue weighted by atomic mass is 16.2. The maximum atomic E-state index is 10.9. The number of carbonyl (C=O) groups excluding carboxylic acids is 2. The van der Waals surface area contributed by atoms with Crippen LogP contribution in [0.5, 0.6) is 0 Å². The van der Waals surface area contributed by atoms with Crippen LogP contribution >= 0.6 is 0 Å². The smallest absolute Gasteiger partial charge is 0.233 e. The van der Waals surface area contributed by atoms with E-state index in [2.05, 4.69) is 15.6 Å². The highest BCUT2D eigenvalue weighted by Crippen LogP contribution is 2.10. The van der Waals surface area contributed by atoms with Gasteiger partial charge in [-0.1, -0.05) is 0 Å².